The predicted molar refractivity (Wildman–Crippen MR) is 107 cm³/mol. The summed E-state index contributed by atoms with van der Waals surface area (Å²) in [5.74, 6) is 0.0157. The van der Waals surface area contributed by atoms with Crippen LogP contribution in [0, 0.1) is 22.7 Å². The van der Waals surface area contributed by atoms with Gasteiger partial charge in [-0.1, -0.05) is 54.2 Å². The summed E-state index contributed by atoms with van der Waals surface area (Å²) in [6.07, 6.45) is 0. The molecule has 0 saturated heterocycles. The Labute approximate surface area is 165 Å². The van der Waals surface area contributed by atoms with Gasteiger partial charge in [0.25, 0.3) is 0 Å². The lowest BCUT2D eigenvalue weighted by molar-refractivity contribution is 0.102. The number of phenolic OH excluding ortho intramolecular Hbond substituents is 1. The number of nitrogens with zero attached hydrogens (tertiary/aromatic N) is 3. The van der Waals surface area contributed by atoms with Crippen LogP contribution in [0.3, 0.4) is 0 Å². The molecule has 0 bridgehead atoms. The van der Waals surface area contributed by atoms with Crippen LogP contribution in [0.1, 0.15) is 21.5 Å². The van der Waals surface area contributed by atoms with E-state index < -0.39 is 0 Å². The molecule has 1 aromatic heterocycles. The lowest BCUT2D eigenvalue weighted by Gasteiger charge is -2.13. The van der Waals surface area contributed by atoms with Gasteiger partial charge in [-0.05, 0) is 17.7 Å². The first-order chi connectivity index (χ1) is 13.5. The molecule has 0 radical (unpaired) electrons. The Balaban J connectivity index is 2.03. The third kappa shape index (κ3) is 3.80. The van der Waals surface area contributed by atoms with E-state index in [1.165, 1.54) is 12.1 Å². The van der Waals surface area contributed by atoms with Crippen molar-refractivity contribution in [3.8, 4) is 29.0 Å². The number of hydrogen-bond donors (Lipinski definition) is 2. The van der Waals surface area contributed by atoms with Crippen molar-refractivity contribution < 1.29 is 9.90 Å². The van der Waals surface area contributed by atoms with Crippen molar-refractivity contribution in [3.05, 3.63) is 71.3 Å². The van der Waals surface area contributed by atoms with E-state index in [4.69, 9.17) is 5.73 Å². The molecule has 0 atom stereocenters. The summed E-state index contributed by atoms with van der Waals surface area (Å²) >= 11 is 1.10. The van der Waals surface area contributed by atoms with E-state index in [-0.39, 0.29) is 39.3 Å². The van der Waals surface area contributed by atoms with Gasteiger partial charge >= 0.3 is 0 Å². The largest absolute Gasteiger partial charge is 0.508 e. The maximum absolute atomic E-state index is 12.4. The van der Waals surface area contributed by atoms with Crippen LogP contribution in [0.2, 0.25) is 0 Å². The molecule has 0 aliphatic heterocycles. The molecule has 136 valence electrons. The number of carbonyl (C=O) groups is 1. The van der Waals surface area contributed by atoms with Crippen LogP contribution in [-0.4, -0.2) is 21.6 Å². The van der Waals surface area contributed by atoms with E-state index in [1.807, 2.05) is 12.1 Å². The first-order valence-corrected chi connectivity index (χ1v) is 9.17. The smallest absolute Gasteiger partial charge is 0.173 e. The Hall–Kier alpha value is -3.81. The molecular formula is C21H14N4O2S. The first-order valence-electron chi connectivity index (χ1n) is 8.19. The zero-order valence-electron chi connectivity index (χ0n) is 14.6. The molecule has 0 aliphatic carbocycles. The SMILES string of the molecule is N#Cc1c(N)nc(SCC(=O)c2ccccc2)c(C#N)c1-c1ccc(O)cc1. The van der Waals surface area contributed by atoms with Gasteiger partial charge in [-0.25, -0.2) is 4.98 Å². The quantitative estimate of drug-likeness (QED) is 0.505. The van der Waals surface area contributed by atoms with Crippen LogP contribution in [0.5, 0.6) is 5.75 Å². The summed E-state index contributed by atoms with van der Waals surface area (Å²) in [6.45, 7) is 0. The number of Topliss-reactive ketones (excluding diaryl/α,β-unsaturated/α-hetero) is 1. The Kier molecular flexibility index (Phi) is 5.59. The molecule has 0 spiro atoms. The Morgan fingerprint density at radius 2 is 1.68 bits per heavy atom. The fraction of sp³-hybridized carbons (Fsp3) is 0.0476. The summed E-state index contributed by atoms with van der Waals surface area (Å²) in [5, 5.41) is 29.0. The molecule has 7 heteroatoms. The number of nitrogens with two attached hydrogens (primary N) is 1. The van der Waals surface area contributed by atoms with Gasteiger partial charge < -0.3 is 10.8 Å². The normalized spacial score (nSPS) is 10.1. The molecule has 3 N–H and O–H groups in total. The molecule has 0 fully saturated rings. The van der Waals surface area contributed by atoms with E-state index in [0.29, 0.717) is 16.7 Å². The van der Waals surface area contributed by atoms with Crippen molar-refractivity contribution in [1.29, 1.82) is 10.5 Å². The van der Waals surface area contributed by atoms with Crippen LogP contribution >= 0.6 is 11.8 Å². The van der Waals surface area contributed by atoms with Gasteiger partial charge in [0.05, 0.1) is 11.3 Å². The molecule has 0 aliphatic rings. The second-order valence-electron chi connectivity index (χ2n) is 5.78. The zero-order chi connectivity index (χ0) is 20.1. The highest BCUT2D eigenvalue weighted by Gasteiger charge is 2.21. The van der Waals surface area contributed by atoms with Gasteiger partial charge in [0.1, 0.15) is 34.3 Å². The van der Waals surface area contributed by atoms with Crippen LogP contribution in [0.4, 0.5) is 5.82 Å². The molecule has 3 aromatic rings. The molecule has 0 saturated carbocycles. The molecule has 0 unspecified atom stereocenters. The van der Waals surface area contributed by atoms with Gasteiger partial charge in [0, 0.05) is 11.1 Å². The summed E-state index contributed by atoms with van der Waals surface area (Å²) in [7, 11) is 0. The number of ketones is 1. The summed E-state index contributed by atoms with van der Waals surface area (Å²) in [4.78, 5) is 16.6. The van der Waals surface area contributed by atoms with Crippen LogP contribution < -0.4 is 5.73 Å². The lowest BCUT2D eigenvalue weighted by Crippen LogP contribution is -2.06. The zero-order valence-corrected chi connectivity index (χ0v) is 15.4. The van der Waals surface area contributed by atoms with Crippen molar-refractivity contribution in [2.75, 3.05) is 11.5 Å². The van der Waals surface area contributed by atoms with Crippen molar-refractivity contribution in [3.63, 3.8) is 0 Å². The van der Waals surface area contributed by atoms with Crippen molar-refractivity contribution in [1.82, 2.24) is 4.98 Å². The Morgan fingerprint density at radius 3 is 2.29 bits per heavy atom. The third-order valence-corrected chi connectivity index (χ3v) is 4.98. The second kappa shape index (κ2) is 8.26. The van der Waals surface area contributed by atoms with E-state index >= 15 is 0 Å². The van der Waals surface area contributed by atoms with Crippen molar-refractivity contribution in [2.45, 2.75) is 5.03 Å². The van der Waals surface area contributed by atoms with Crippen molar-refractivity contribution in [2.24, 2.45) is 0 Å². The molecule has 3 rings (SSSR count). The minimum Gasteiger partial charge on any atom is -0.508 e. The topological polar surface area (TPSA) is 124 Å². The minimum absolute atomic E-state index is 0.0146. The van der Waals surface area contributed by atoms with Gasteiger partial charge in [0.15, 0.2) is 5.78 Å². The number of thioether (sulfide) groups is 1. The standard InChI is InChI=1S/C21H14N4O2S/c22-10-16-19(14-6-8-15(26)9-7-14)17(11-23)21(25-20(16)24)28-12-18(27)13-4-2-1-3-5-13/h1-9,26H,12H2,(H2,24,25). The van der Waals surface area contributed by atoms with Crippen LogP contribution in [-0.2, 0) is 0 Å². The number of anilines is 1. The number of benzene rings is 2. The fourth-order valence-corrected chi connectivity index (χ4v) is 3.55. The Bertz CT molecular complexity index is 1110. The average molecular weight is 386 g/mol. The van der Waals surface area contributed by atoms with Gasteiger partial charge in [-0.2, -0.15) is 10.5 Å². The number of nitrogen functional groups attached to an aromatic ring is 1. The molecule has 2 aromatic carbocycles. The number of nitriles is 2. The van der Waals surface area contributed by atoms with Crippen molar-refractivity contribution >= 4 is 23.4 Å². The monoisotopic (exact) mass is 386 g/mol. The number of aromatic nitrogens is 1. The fourth-order valence-electron chi connectivity index (χ4n) is 2.66. The summed E-state index contributed by atoms with van der Waals surface area (Å²) in [5.41, 5.74) is 7.66. The van der Waals surface area contributed by atoms with E-state index in [2.05, 4.69) is 11.1 Å². The highest BCUT2D eigenvalue weighted by molar-refractivity contribution is 8.00. The number of phenols is 1. The first kappa shape index (κ1) is 19.0. The number of rotatable bonds is 5. The predicted octanol–water partition coefficient (Wildman–Crippen LogP) is 3.75. The molecule has 1 heterocycles. The van der Waals surface area contributed by atoms with Gasteiger partial charge in [-0.3, -0.25) is 4.79 Å². The number of pyridine rings is 1. The number of carbonyl (C=O) groups excluding carboxylic acids is 1. The van der Waals surface area contributed by atoms with Gasteiger partial charge in [-0.15, -0.1) is 0 Å². The summed E-state index contributed by atoms with van der Waals surface area (Å²) in [6, 6.07) is 19.0. The molecule has 6 nitrogen and oxygen atoms in total. The van der Waals surface area contributed by atoms with Gasteiger partial charge in [0.2, 0.25) is 0 Å². The maximum Gasteiger partial charge on any atom is 0.173 e. The van der Waals surface area contributed by atoms with E-state index in [0.717, 1.165) is 11.8 Å². The number of hydrogen-bond acceptors (Lipinski definition) is 7. The second-order valence-corrected chi connectivity index (χ2v) is 6.74. The molecule has 28 heavy (non-hydrogen) atoms. The summed E-state index contributed by atoms with van der Waals surface area (Å²) < 4.78 is 0. The maximum atomic E-state index is 12.4. The minimum atomic E-state index is -0.106. The Morgan fingerprint density at radius 1 is 1.04 bits per heavy atom. The van der Waals surface area contributed by atoms with Crippen LogP contribution in [0.15, 0.2) is 59.6 Å². The molecule has 0 amide bonds. The van der Waals surface area contributed by atoms with Crippen LogP contribution in [0.25, 0.3) is 11.1 Å². The highest BCUT2D eigenvalue weighted by atomic mass is 32.2. The highest BCUT2D eigenvalue weighted by Crippen LogP contribution is 2.36. The third-order valence-electron chi connectivity index (χ3n) is 4.01. The lowest BCUT2D eigenvalue weighted by atomic mass is 9.97. The molecular weight excluding hydrogens is 372 g/mol. The van der Waals surface area contributed by atoms with E-state index in [1.54, 1.807) is 36.4 Å². The number of aromatic hydroxyl groups is 1. The van der Waals surface area contributed by atoms with E-state index in [9.17, 15) is 20.4 Å². The average Bonchev–Trinajstić information content (AvgIpc) is 2.72.